The van der Waals surface area contributed by atoms with Crippen LogP contribution in [0.25, 0.3) is 11.1 Å². The number of ether oxygens (including phenoxy) is 1. The van der Waals surface area contributed by atoms with Crippen LogP contribution in [-0.4, -0.2) is 50.1 Å². The van der Waals surface area contributed by atoms with Crippen LogP contribution in [0.5, 0.6) is 0 Å². The Morgan fingerprint density at radius 3 is 2.00 bits per heavy atom. The van der Waals surface area contributed by atoms with Crippen molar-refractivity contribution in [1.82, 2.24) is 9.80 Å². The van der Waals surface area contributed by atoms with E-state index in [9.17, 15) is 9.59 Å². The molecule has 0 fully saturated rings. The molecule has 0 aliphatic rings. The van der Waals surface area contributed by atoms with E-state index >= 15 is 0 Å². The van der Waals surface area contributed by atoms with Gasteiger partial charge in [0.2, 0.25) is 0 Å². The fourth-order valence-electron chi connectivity index (χ4n) is 2.94. The van der Waals surface area contributed by atoms with Gasteiger partial charge in [0.15, 0.2) is 0 Å². The van der Waals surface area contributed by atoms with Crippen LogP contribution < -0.4 is 0 Å². The van der Waals surface area contributed by atoms with Crippen LogP contribution in [-0.2, 0) is 10.3 Å². The van der Waals surface area contributed by atoms with Crippen LogP contribution in [0.1, 0.15) is 29.8 Å². The average molecular weight is 354 g/mol. The zero-order valence-electron chi connectivity index (χ0n) is 16.2. The van der Waals surface area contributed by atoms with Crippen LogP contribution in [0.3, 0.4) is 0 Å². The summed E-state index contributed by atoms with van der Waals surface area (Å²) in [5, 5.41) is 0. The van der Waals surface area contributed by atoms with Crippen LogP contribution in [0.4, 0.5) is 4.79 Å². The van der Waals surface area contributed by atoms with Gasteiger partial charge in [-0.15, -0.1) is 0 Å². The van der Waals surface area contributed by atoms with Gasteiger partial charge in [0.1, 0.15) is 0 Å². The predicted molar refractivity (Wildman–Crippen MR) is 103 cm³/mol. The molecule has 0 saturated carbocycles. The molecule has 0 N–H and O–H groups in total. The van der Waals surface area contributed by atoms with Crippen LogP contribution >= 0.6 is 0 Å². The fourth-order valence-corrected chi connectivity index (χ4v) is 2.94. The molecule has 0 unspecified atom stereocenters. The van der Waals surface area contributed by atoms with E-state index in [-0.39, 0.29) is 5.91 Å². The van der Waals surface area contributed by atoms with Crippen molar-refractivity contribution in [2.75, 3.05) is 28.3 Å². The maximum absolute atomic E-state index is 12.6. The molecule has 0 bridgehead atoms. The zero-order chi connectivity index (χ0) is 19.5. The largest absolute Gasteiger partial charge is 0.453 e. The molecule has 26 heavy (non-hydrogen) atoms. The van der Waals surface area contributed by atoms with Gasteiger partial charge in [-0.25, -0.2) is 4.79 Å². The Morgan fingerprint density at radius 1 is 0.885 bits per heavy atom. The lowest BCUT2D eigenvalue weighted by molar-refractivity contribution is 0.0827. The third-order valence-electron chi connectivity index (χ3n) is 4.73. The standard InChI is InChI=1S/C21H26N2O3/c1-21(2,23(5)20(25)26-6)18-14-10-9-12-16(18)15-11-7-8-13-17(15)19(24)22(3)4/h7-14H,1-6H3. The molecule has 0 heterocycles. The Kier molecular flexibility index (Phi) is 5.70. The monoisotopic (exact) mass is 354 g/mol. The van der Waals surface area contributed by atoms with Crippen molar-refractivity contribution in [2.24, 2.45) is 0 Å². The topological polar surface area (TPSA) is 49.9 Å². The highest BCUT2D eigenvalue weighted by atomic mass is 16.5. The first kappa shape index (κ1) is 19.5. The second-order valence-electron chi connectivity index (χ2n) is 6.88. The number of rotatable bonds is 4. The first-order valence-electron chi connectivity index (χ1n) is 8.44. The van der Waals surface area contributed by atoms with E-state index < -0.39 is 11.6 Å². The molecule has 138 valence electrons. The third-order valence-corrected chi connectivity index (χ3v) is 4.73. The van der Waals surface area contributed by atoms with Gasteiger partial charge in [-0.1, -0.05) is 42.5 Å². The molecule has 0 spiro atoms. The Morgan fingerprint density at radius 2 is 1.42 bits per heavy atom. The van der Waals surface area contributed by atoms with Crippen molar-refractivity contribution in [3.05, 3.63) is 59.7 Å². The summed E-state index contributed by atoms with van der Waals surface area (Å²) >= 11 is 0. The van der Waals surface area contributed by atoms with Gasteiger partial charge in [0.25, 0.3) is 5.91 Å². The summed E-state index contributed by atoms with van der Waals surface area (Å²) in [5.74, 6) is -0.0606. The van der Waals surface area contributed by atoms with Crippen LogP contribution in [0, 0.1) is 0 Å². The van der Waals surface area contributed by atoms with Crippen molar-refractivity contribution in [3.8, 4) is 11.1 Å². The number of carbonyl (C=O) groups excluding carboxylic acids is 2. The molecule has 2 rings (SSSR count). The SMILES string of the molecule is COC(=O)N(C)C(C)(C)c1ccccc1-c1ccccc1C(=O)N(C)C. The van der Waals surface area contributed by atoms with Gasteiger partial charge in [-0.3, -0.25) is 4.79 Å². The highest BCUT2D eigenvalue weighted by Gasteiger charge is 2.33. The highest BCUT2D eigenvalue weighted by molar-refractivity contribution is 6.01. The van der Waals surface area contributed by atoms with Gasteiger partial charge >= 0.3 is 6.09 Å². The summed E-state index contributed by atoms with van der Waals surface area (Å²) in [4.78, 5) is 27.8. The molecule has 0 aliphatic carbocycles. The molecule has 0 aliphatic heterocycles. The summed E-state index contributed by atoms with van der Waals surface area (Å²) in [6, 6.07) is 15.3. The molecular weight excluding hydrogens is 328 g/mol. The second-order valence-corrected chi connectivity index (χ2v) is 6.88. The zero-order valence-corrected chi connectivity index (χ0v) is 16.2. The lowest BCUT2D eigenvalue weighted by atomic mass is 9.84. The van der Waals surface area contributed by atoms with Crippen molar-refractivity contribution in [1.29, 1.82) is 0 Å². The minimum absolute atomic E-state index is 0.0606. The number of hydrogen-bond acceptors (Lipinski definition) is 3. The van der Waals surface area contributed by atoms with E-state index in [2.05, 4.69) is 0 Å². The van der Waals surface area contributed by atoms with E-state index in [1.54, 1.807) is 30.9 Å². The number of nitrogens with zero attached hydrogens (tertiary/aromatic N) is 2. The summed E-state index contributed by atoms with van der Waals surface area (Å²) in [6.45, 7) is 3.91. The molecule has 0 aromatic heterocycles. The van der Waals surface area contributed by atoms with Crippen molar-refractivity contribution in [3.63, 3.8) is 0 Å². The van der Waals surface area contributed by atoms with E-state index in [4.69, 9.17) is 4.74 Å². The van der Waals surface area contributed by atoms with Gasteiger partial charge in [-0.05, 0) is 36.6 Å². The number of hydrogen-bond donors (Lipinski definition) is 0. The quantitative estimate of drug-likeness (QED) is 0.834. The summed E-state index contributed by atoms with van der Waals surface area (Å²) < 4.78 is 4.89. The number of carbonyl (C=O) groups is 2. The summed E-state index contributed by atoms with van der Waals surface area (Å²) in [5.41, 5.74) is 2.69. The van der Waals surface area contributed by atoms with E-state index in [1.807, 2.05) is 62.4 Å². The Balaban J connectivity index is 2.66. The first-order valence-corrected chi connectivity index (χ1v) is 8.44. The summed E-state index contributed by atoms with van der Waals surface area (Å²) in [7, 11) is 6.55. The van der Waals surface area contributed by atoms with Crippen molar-refractivity contribution in [2.45, 2.75) is 19.4 Å². The van der Waals surface area contributed by atoms with Gasteiger partial charge < -0.3 is 14.5 Å². The van der Waals surface area contributed by atoms with E-state index in [0.29, 0.717) is 5.56 Å². The molecule has 0 radical (unpaired) electrons. The number of methoxy groups -OCH3 is 1. The minimum Gasteiger partial charge on any atom is -0.453 e. The van der Waals surface area contributed by atoms with Crippen LogP contribution in [0.2, 0.25) is 0 Å². The van der Waals surface area contributed by atoms with E-state index in [1.165, 1.54) is 7.11 Å². The first-order chi connectivity index (χ1) is 12.2. The summed E-state index contributed by atoms with van der Waals surface area (Å²) in [6.07, 6.45) is -0.414. The Hall–Kier alpha value is -2.82. The molecular formula is C21H26N2O3. The Labute approximate surface area is 155 Å². The smallest absolute Gasteiger partial charge is 0.409 e. The second kappa shape index (κ2) is 7.60. The van der Waals surface area contributed by atoms with E-state index in [0.717, 1.165) is 16.7 Å². The van der Waals surface area contributed by atoms with Crippen LogP contribution in [0.15, 0.2) is 48.5 Å². The average Bonchev–Trinajstić information content (AvgIpc) is 2.65. The Bertz CT molecular complexity index is 812. The van der Waals surface area contributed by atoms with Gasteiger partial charge in [-0.2, -0.15) is 0 Å². The number of benzene rings is 2. The normalized spacial score (nSPS) is 11.0. The van der Waals surface area contributed by atoms with Gasteiger partial charge in [0, 0.05) is 26.7 Å². The maximum Gasteiger partial charge on any atom is 0.409 e. The molecule has 5 nitrogen and oxygen atoms in total. The molecule has 0 atom stereocenters. The molecule has 0 saturated heterocycles. The predicted octanol–water partition coefficient (Wildman–Crippen LogP) is 3.99. The number of amides is 2. The maximum atomic E-state index is 12.6. The lowest BCUT2D eigenvalue weighted by Gasteiger charge is -2.36. The molecule has 2 amide bonds. The third kappa shape index (κ3) is 3.57. The fraction of sp³-hybridized carbons (Fsp3) is 0.333. The molecule has 2 aromatic rings. The van der Waals surface area contributed by atoms with Crippen molar-refractivity contribution < 1.29 is 14.3 Å². The van der Waals surface area contributed by atoms with Gasteiger partial charge in [0.05, 0.1) is 12.6 Å². The minimum atomic E-state index is -0.627. The van der Waals surface area contributed by atoms with Crippen molar-refractivity contribution >= 4 is 12.0 Å². The highest BCUT2D eigenvalue weighted by Crippen LogP contribution is 2.36. The molecule has 5 heteroatoms. The molecule has 2 aromatic carbocycles. The lowest BCUT2D eigenvalue weighted by Crippen LogP contribution is -2.43.